The lowest BCUT2D eigenvalue weighted by Gasteiger charge is -2.16. The molecular weight excluding hydrogens is 496 g/mol. The van der Waals surface area contributed by atoms with E-state index in [1.54, 1.807) is 17.6 Å². The number of hydrogen-bond acceptors (Lipinski definition) is 4. The summed E-state index contributed by atoms with van der Waals surface area (Å²) < 4.78 is 34.4. The second-order valence-electron chi connectivity index (χ2n) is 7.83. The molecule has 0 bridgehead atoms. The Morgan fingerprint density at radius 3 is 2.42 bits per heavy atom. The Bertz CT molecular complexity index is 1210. The van der Waals surface area contributed by atoms with Crippen molar-refractivity contribution in [3.8, 4) is 5.75 Å². The summed E-state index contributed by atoms with van der Waals surface area (Å²) in [5, 5.41) is 0. The molecule has 6 nitrogen and oxygen atoms in total. The Morgan fingerprint density at radius 1 is 1.12 bits per heavy atom. The van der Waals surface area contributed by atoms with Crippen molar-refractivity contribution in [1.82, 2.24) is 9.47 Å². The number of primary amides is 1. The van der Waals surface area contributed by atoms with E-state index < -0.39 is 11.6 Å². The molecule has 0 aliphatic heterocycles. The summed E-state index contributed by atoms with van der Waals surface area (Å²) in [7, 11) is 1.81. The van der Waals surface area contributed by atoms with Crippen LogP contribution in [-0.2, 0) is 24.5 Å². The zero-order valence-electron chi connectivity index (χ0n) is 18.3. The summed E-state index contributed by atoms with van der Waals surface area (Å²) in [6.45, 7) is 2.75. The van der Waals surface area contributed by atoms with Crippen LogP contribution in [0.3, 0.4) is 0 Å². The summed E-state index contributed by atoms with van der Waals surface area (Å²) in [6, 6.07) is 12.7. The highest BCUT2D eigenvalue weighted by Gasteiger charge is 2.14. The molecule has 0 saturated carbocycles. The number of aryl methyl sites for hydroxylation is 1. The predicted octanol–water partition coefficient (Wildman–Crippen LogP) is 3.74. The highest BCUT2D eigenvalue weighted by atomic mass is 79.9. The molecule has 33 heavy (non-hydrogen) atoms. The van der Waals surface area contributed by atoms with Crippen molar-refractivity contribution in [3.05, 3.63) is 97.4 Å². The fourth-order valence-corrected chi connectivity index (χ4v) is 3.82. The standard InChI is InChI=1S/C24H24BrF2N3O3/c1-15-9-21(33-14-18-7-8-19(26)10-20(18)27)23(25)24(32)30(15)12-17-5-3-16(4-6-17)11-29(2)13-22(28)31/h3-10H,11-14H2,1-2H3,(H2,28,31). The molecule has 0 radical (unpaired) electrons. The predicted molar refractivity (Wildman–Crippen MR) is 125 cm³/mol. The van der Waals surface area contributed by atoms with Crippen LogP contribution in [0, 0.1) is 18.6 Å². The molecule has 1 amide bonds. The van der Waals surface area contributed by atoms with Gasteiger partial charge in [-0.25, -0.2) is 8.78 Å². The van der Waals surface area contributed by atoms with Crippen molar-refractivity contribution >= 4 is 21.8 Å². The van der Waals surface area contributed by atoms with Gasteiger partial charge in [0, 0.05) is 29.9 Å². The summed E-state index contributed by atoms with van der Waals surface area (Å²) in [5.74, 6) is -1.47. The highest BCUT2D eigenvalue weighted by Crippen LogP contribution is 2.24. The van der Waals surface area contributed by atoms with Crippen LogP contribution in [0.4, 0.5) is 8.78 Å². The maximum Gasteiger partial charge on any atom is 0.269 e. The van der Waals surface area contributed by atoms with Crippen LogP contribution in [0.15, 0.2) is 57.8 Å². The van der Waals surface area contributed by atoms with Crippen molar-refractivity contribution in [3.63, 3.8) is 0 Å². The van der Waals surface area contributed by atoms with Crippen LogP contribution in [0.2, 0.25) is 0 Å². The number of pyridine rings is 1. The second-order valence-corrected chi connectivity index (χ2v) is 8.63. The van der Waals surface area contributed by atoms with Crippen molar-refractivity contribution in [1.29, 1.82) is 0 Å². The topological polar surface area (TPSA) is 77.6 Å². The van der Waals surface area contributed by atoms with Crippen LogP contribution in [0.5, 0.6) is 5.75 Å². The molecule has 3 rings (SSSR count). The van der Waals surface area contributed by atoms with Gasteiger partial charge in [-0.3, -0.25) is 14.5 Å². The quantitative estimate of drug-likeness (QED) is 0.467. The molecule has 0 aliphatic carbocycles. The summed E-state index contributed by atoms with van der Waals surface area (Å²) in [6.07, 6.45) is 0. The SMILES string of the molecule is Cc1cc(OCc2ccc(F)cc2F)c(Br)c(=O)n1Cc1ccc(CN(C)CC(N)=O)cc1. The van der Waals surface area contributed by atoms with Gasteiger partial charge in [-0.05, 0) is 53.2 Å². The summed E-state index contributed by atoms with van der Waals surface area (Å²) in [4.78, 5) is 25.8. The lowest BCUT2D eigenvalue weighted by atomic mass is 10.1. The Morgan fingerprint density at radius 2 is 1.79 bits per heavy atom. The number of hydrogen-bond donors (Lipinski definition) is 1. The first-order valence-corrected chi connectivity index (χ1v) is 10.9. The second kappa shape index (κ2) is 10.7. The van der Waals surface area contributed by atoms with Crippen LogP contribution in [0.25, 0.3) is 0 Å². The van der Waals surface area contributed by atoms with Crippen LogP contribution < -0.4 is 16.0 Å². The van der Waals surface area contributed by atoms with E-state index in [9.17, 15) is 18.4 Å². The molecule has 3 aromatic rings. The minimum Gasteiger partial charge on any atom is -0.487 e. The third kappa shape index (κ3) is 6.49. The van der Waals surface area contributed by atoms with Crippen molar-refractivity contribution < 1.29 is 18.3 Å². The Labute approximate surface area is 198 Å². The molecule has 0 atom stereocenters. The Hall–Kier alpha value is -3.04. The van der Waals surface area contributed by atoms with E-state index in [1.165, 1.54) is 6.07 Å². The highest BCUT2D eigenvalue weighted by molar-refractivity contribution is 9.10. The van der Waals surface area contributed by atoms with E-state index in [2.05, 4.69) is 15.9 Å². The number of rotatable bonds is 9. The summed E-state index contributed by atoms with van der Waals surface area (Å²) in [5.41, 5.74) is 7.73. The zero-order valence-corrected chi connectivity index (χ0v) is 19.9. The van der Waals surface area contributed by atoms with Gasteiger partial charge in [-0.2, -0.15) is 0 Å². The van der Waals surface area contributed by atoms with Crippen molar-refractivity contribution in [2.45, 2.75) is 26.6 Å². The Balaban J connectivity index is 1.72. The van der Waals surface area contributed by atoms with Gasteiger partial charge in [0.05, 0.1) is 13.1 Å². The minimum atomic E-state index is -0.708. The van der Waals surface area contributed by atoms with E-state index in [4.69, 9.17) is 10.5 Å². The van der Waals surface area contributed by atoms with E-state index in [0.29, 0.717) is 18.8 Å². The number of amides is 1. The van der Waals surface area contributed by atoms with Gasteiger partial charge >= 0.3 is 0 Å². The lowest BCUT2D eigenvalue weighted by Crippen LogP contribution is -2.30. The molecular formula is C24H24BrF2N3O3. The maximum absolute atomic E-state index is 13.9. The molecule has 1 heterocycles. The Kier molecular flexibility index (Phi) is 7.99. The first kappa shape index (κ1) is 24.6. The fraction of sp³-hybridized carbons (Fsp3) is 0.250. The number of nitrogens with zero attached hydrogens (tertiary/aromatic N) is 2. The third-order valence-corrected chi connectivity index (χ3v) is 5.79. The van der Waals surface area contributed by atoms with Crippen molar-refractivity contribution in [2.75, 3.05) is 13.6 Å². The number of likely N-dealkylation sites (N-methyl/N-ethyl adjacent to an activating group) is 1. The van der Waals surface area contributed by atoms with Gasteiger partial charge in [-0.1, -0.05) is 24.3 Å². The molecule has 1 aromatic heterocycles. The average molecular weight is 520 g/mol. The molecule has 174 valence electrons. The molecule has 9 heteroatoms. The van der Waals surface area contributed by atoms with Gasteiger partial charge in [0.25, 0.3) is 5.56 Å². The van der Waals surface area contributed by atoms with E-state index >= 15 is 0 Å². The number of carbonyl (C=O) groups is 1. The largest absolute Gasteiger partial charge is 0.487 e. The van der Waals surface area contributed by atoms with Crippen LogP contribution in [-0.4, -0.2) is 29.0 Å². The van der Waals surface area contributed by atoms with Gasteiger partial charge in [0.1, 0.15) is 28.5 Å². The smallest absolute Gasteiger partial charge is 0.269 e. The lowest BCUT2D eigenvalue weighted by molar-refractivity contribution is -0.118. The molecule has 0 aliphatic rings. The molecule has 0 unspecified atom stereocenters. The van der Waals surface area contributed by atoms with E-state index in [-0.39, 0.29) is 40.4 Å². The van der Waals surface area contributed by atoms with E-state index in [0.717, 1.165) is 23.3 Å². The van der Waals surface area contributed by atoms with Crippen molar-refractivity contribution in [2.24, 2.45) is 5.73 Å². The van der Waals surface area contributed by atoms with Gasteiger partial charge in [-0.15, -0.1) is 0 Å². The summed E-state index contributed by atoms with van der Waals surface area (Å²) >= 11 is 3.29. The van der Waals surface area contributed by atoms with Crippen LogP contribution >= 0.6 is 15.9 Å². The van der Waals surface area contributed by atoms with Crippen LogP contribution in [0.1, 0.15) is 22.4 Å². The number of aromatic nitrogens is 1. The molecule has 0 spiro atoms. The third-order valence-electron chi connectivity index (χ3n) is 5.06. The number of halogens is 3. The first-order valence-electron chi connectivity index (χ1n) is 10.2. The minimum absolute atomic E-state index is 0.140. The van der Waals surface area contributed by atoms with Gasteiger partial charge in [0.2, 0.25) is 5.91 Å². The maximum atomic E-state index is 13.9. The van der Waals surface area contributed by atoms with E-state index in [1.807, 2.05) is 36.2 Å². The van der Waals surface area contributed by atoms with Gasteiger partial charge in [0.15, 0.2) is 0 Å². The molecule has 0 fully saturated rings. The number of carbonyl (C=O) groups excluding carboxylic acids is 1. The molecule has 2 aromatic carbocycles. The average Bonchev–Trinajstić information content (AvgIpc) is 2.74. The monoisotopic (exact) mass is 519 g/mol. The van der Waals surface area contributed by atoms with Gasteiger partial charge < -0.3 is 15.0 Å². The number of ether oxygens (including phenoxy) is 1. The normalized spacial score (nSPS) is 11.1. The molecule has 0 saturated heterocycles. The number of benzene rings is 2. The number of nitrogens with two attached hydrogens (primary N) is 1. The molecule has 2 N–H and O–H groups in total. The first-order chi connectivity index (χ1) is 15.6. The zero-order chi connectivity index (χ0) is 24.1. The fourth-order valence-electron chi connectivity index (χ4n) is 3.38.